The van der Waals surface area contributed by atoms with Crippen LogP contribution in [0.25, 0.3) is 11.0 Å². The number of hydrogen-bond donors (Lipinski definition) is 0. The highest BCUT2D eigenvalue weighted by atomic mass is 16.5. The molecule has 1 saturated heterocycles. The summed E-state index contributed by atoms with van der Waals surface area (Å²) in [5, 5.41) is 0.849. The summed E-state index contributed by atoms with van der Waals surface area (Å²) in [6.45, 7) is 10.8. The van der Waals surface area contributed by atoms with Gasteiger partial charge in [0.05, 0.1) is 7.11 Å². The number of nitrogens with zero attached hydrogens (tertiary/aromatic N) is 2. The molecule has 0 bridgehead atoms. The van der Waals surface area contributed by atoms with Crippen LogP contribution in [0.15, 0.2) is 63.8 Å². The molecule has 0 atom stereocenters. The van der Waals surface area contributed by atoms with Crippen molar-refractivity contribution in [2.75, 3.05) is 44.8 Å². The summed E-state index contributed by atoms with van der Waals surface area (Å²) in [4.78, 5) is 29.7. The minimum absolute atomic E-state index is 0.0535. The summed E-state index contributed by atoms with van der Waals surface area (Å²) in [5.74, 6) is 1.50. The molecule has 1 amide bonds. The van der Waals surface area contributed by atoms with E-state index in [0.29, 0.717) is 43.0 Å². The molecule has 7 heteroatoms. The monoisotopic (exact) mass is 476 g/mol. The number of carbonyl (C=O) groups is 1. The van der Waals surface area contributed by atoms with Gasteiger partial charge in [0.2, 0.25) is 5.91 Å². The van der Waals surface area contributed by atoms with Gasteiger partial charge in [-0.3, -0.25) is 4.79 Å². The minimum Gasteiger partial charge on any atom is -0.497 e. The van der Waals surface area contributed by atoms with Gasteiger partial charge in [0, 0.05) is 61.4 Å². The highest BCUT2D eigenvalue weighted by Crippen LogP contribution is 2.26. The van der Waals surface area contributed by atoms with Crippen molar-refractivity contribution >= 4 is 22.6 Å². The largest absolute Gasteiger partial charge is 0.497 e. The van der Waals surface area contributed by atoms with Crippen LogP contribution in [0.5, 0.6) is 11.5 Å². The van der Waals surface area contributed by atoms with Gasteiger partial charge in [-0.2, -0.15) is 0 Å². The number of benzene rings is 2. The van der Waals surface area contributed by atoms with Crippen LogP contribution in [0.2, 0.25) is 0 Å². The summed E-state index contributed by atoms with van der Waals surface area (Å²) >= 11 is 0. The summed E-state index contributed by atoms with van der Waals surface area (Å²) in [5.41, 5.74) is 3.48. The third-order valence-corrected chi connectivity index (χ3v) is 6.38. The Bertz CT molecular complexity index is 1290. The summed E-state index contributed by atoms with van der Waals surface area (Å²) in [7, 11) is 1.66. The van der Waals surface area contributed by atoms with Crippen molar-refractivity contribution in [3.63, 3.8) is 0 Å². The van der Waals surface area contributed by atoms with E-state index in [1.54, 1.807) is 13.2 Å². The number of amides is 1. The average molecular weight is 477 g/mol. The normalized spacial score (nSPS) is 13.7. The van der Waals surface area contributed by atoms with Crippen LogP contribution in [0.1, 0.15) is 24.5 Å². The first-order valence-electron chi connectivity index (χ1n) is 11.9. The van der Waals surface area contributed by atoms with Gasteiger partial charge in [0.25, 0.3) is 0 Å². The Hall–Kier alpha value is -3.74. The lowest BCUT2D eigenvalue weighted by Crippen LogP contribution is -2.48. The third-order valence-electron chi connectivity index (χ3n) is 6.38. The second kappa shape index (κ2) is 10.7. The van der Waals surface area contributed by atoms with Crippen LogP contribution in [-0.4, -0.2) is 50.7 Å². The van der Waals surface area contributed by atoms with Crippen molar-refractivity contribution in [1.29, 1.82) is 0 Å². The molecule has 1 aliphatic rings. The molecule has 4 rings (SSSR count). The third kappa shape index (κ3) is 5.67. The highest BCUT2D eigenvalue weighted by molar-refractivity contribution is 5.83. The smallest absolute Gasteiger partial charge is 0.339 e. The molecule has 1 aliphatic heterocycles. The zero-order chi connectivity index (χ0) is 24.9. The fourth-order valence-corrected chi connectivity index (χ4v) is 4.37. The quantitative estimate of drug-likeness (QED) is 0.356. The number of anilines is 1. The molecule has 35 heavy (non-hydrogen) atoms. The highest BCUT2D eigenvalue weighted by Gasteiger charge is 2.22. The maximum Gasteiger partial charge on any atom is 0.339 e. The van der Waals surface area contributed by atoms with Crippen molar-refractivity contribution in [2.24, 2.45) is 0 Å². The Kier molecular flexibility index (Phi) is 7.44. The van der Waals surface area contributed by atoms with E-state index >= 15 is 0 Å². The van der Waals surface area contributed by atoms with E-state index in [0.717, 1.165) is 41.0 Å². The standard InChI is InChI=1S/C28H32N2O5/c1-19(2)18-34-23-8-9-24-20(3)25(28(32)35-26(24)17-23)10-11-27(31)30-14-12-29(13-15-30)21-6-5-7-22(16-21)33-4/h5-9,16-17H,1,10-15,18H2,2-4H3. The lowest BCUT2D eigenvalue weighted by atomic mass is 10.0. The van der Waals surface area contributed by atoms with Crippen LogP contribution in [0.3, 0.4) is 0 Å². The Balaban J connectivity index is 1.38. The maximum atomic E-state index is 12.9. The minimum atomic E-state index is -0.400. The van der Waals surface area contributed by atoms with E-state index in [4.69, 9.17) is 13.9 Å². The van der Waals surface area contributed by atoms with Gasteiger partial charge in [-0.1, -0.05) is 12.6 Å². The zero-order valence-corrected chi connectivity index (χ0v) is 20.6. The predicted octanol–water partition coefficient (Wildman–Crippen LogP) is 4.35. The molecule has 1 fully saturated rings. The van der Waals surface area contributed by atoms with Crippen molar-refractivity contribution in [3.8, 4) is 11.5 Å². The Morgan fingerprint density at radius 3 is 2.57 bits per heavy atom. The van der Waals surface area contributed by atoms with Crippen LogP contribution in [0, 0.1) is 6.92 Å². The lowest BCUT2D eigenvalue weighted by Gasteiger charge is -2.36. The van der Waals surface area contributed by atoms with Crippen LogP contribution in [0.4, 0.5) is 5.69 Å². The Morgan fingerprint density at radius 2 is 1.86 bits per heavy atom. The number of hydrogen-bond acceptors (Lipinski definition) is 6. The van der Waals surface area contributed by atoms with Gasteiger partial charge in [-0.15, -0.1) is 0 Å². The van der Waals surface area contributed by atoms with Crippen molar-refractivity contribution in [1.82, 2.24) is 4.90 Å². The molecule has 0 aliphatic carbocycles. The van der Waals surface area contributed by atoms with Crippen LogP contribution in [-0.2, 0) is 11.2 Å². The number of methoxy groups -OCH3 is 1. The van der Waals surface area contributed by atoms with E-state index < -0.39 is 5.63 Å². The topological polar surface area (TPSA) is 72.2 Å². The number of ether oxygens (including phenoxy) is 2. The molecule has 7 nitrogen and oxygen atoms in total. The number of carbonyl (C=O) groups excluding carboxylic acids is 1. The first-order chi connectivity index (χ1) is 16.9. The van der Waals surface area contributed by atoms with Crippen molar-refractivity contribution in [3.05, 3.63) is 76.2 Å². The molecule has 0 unspecified atom stereocenters. The van der Waals surface area contributed by atoms with E-state index in [1.807, 2.05) is 49.1 Å². The Morgan fingerprint density at radius 1 is 1.09 bits per heavy atom. The average Bonchev–Trinajstić information content (AvgIpc) is 2.87. The maximum absolute atomic E-state index is 12.9. The van der Waals surface area contributed by atoms with Gasteiger partial charge >= 0.3 is 5.63 Å². The zero-order valence-electron chi connectivity index (χ0n) is 20.6. The number of fused-ring (bicyclic) bond motifs is 1. The first-order valence-corrected chi connectivity index (χ1v) is 11.9. The summed E-state index contributed by atoms with van der Waals surface area (Å²) < 4.78 is 16.6. The van der Waals surface area contributed by atoms with Gasteiger partial charge in [0.1, 0.15) is 23.7 Å². The molecule has 0 radical (unpaired) electrons. The van der Waals surface area contributed by atoms with Gasteiger partial charge in [0.15, 0.2) is 0 Å². The molecule has 1 aromatic heterocycles. The summed E-state index contributed by atoms with van der Waals surface area (Å²) in [6, 6.07) is 13.4. The number of rotatable bonds is 8. The van der Waals surface area contributed by atoms with E-state index in [1.165, 1.54) is 0 Å². The van der Waals surface area contributed by atoms with Gasteiger partial charge in [-0.05, 0) is 55.7 Å². The molecular formula is C28H32N2O5. The van der Waals surface area contributed by atoms with Crippen LogP contribution < -0.4 is 20.0 Å². The second-order valence-electron chi connectivity index (χ2n) is 8.97. The fraction of sp³-hybridized carbons (Fsp3) is 0.357. The SMILES string of the molecule is C=C(C)COc1ccc2c(C)c(CCC(=O)N3CCN(c4cccc(OC)c4)CC3)c(=O)oc2c1. The number of aryl methyl sites for hydroxylation is 1. The van der Waals surface area contributed by atoms with E-state index in [9.17, 15) is 9.59 Å². The van der Waals surface area contributed by atoms with Crippen molar-refractivity contribution < 1.29 is 18.7 Å². The Labute approximate surface area is 205 Å². The fourth-order valence-electron chi connectivity index (χ4n) is 4.37. The summed E-state index contributed by atoms with van der Waals surface area (Å²) in [6.07, 6.45) is 0.628. The lowest BCUT2D eigenvalue weighted by molar-refractivity contribution is -0.131. The van der Waals surface area contributed by atoms with Gasteiger partial charge in [-0.25, -0.2) is 4.79 Å². The first kappa shape index (κ1) is 24.4. The molecule has 0 saturated carbocycles. The molecule has 2 heterocycles. The van der Waals surface area contributed by atoms with Gasteiger partial charge < -0.3 is 23.7 Å². The molecular weight excluding hydrogens is 444 g/mol. The molecule has 0 spiro atoms. The predicted molar refractivity (Wildman–Crippen MR) is 138 cm³/mol. The van der Waals surface area contributed by atoms with E-state index in [2.05, 4.69) is 17.5 Å². The van der Waals surface area contributed by atoms with E-state index in [-0.39, 0.29) is 12.3 Å². The molecule has 3 aromatic rings. The molecule has 184 valence electrons. The number of piperazine rings is 1. The van der Waals surface area contributed by atoms with Crippen LogP contribution >= 0.6 is 0 Å². The second-order valence-corrected chi connectivity index (χ2v) is 8.97. The van der Waals surface area contributed by atoms with Crippen molar-refractivity contribution in [2.45, 2.75) is 26.7 Å². The molecule has 2 aromatic carbocycles. The molecule has 0 N–H and O–H groups in total.